The topological polar surface area (TPSA) is 63.1 Å². The van der Waals surface area contributed by atoms with Crippen molar-refractivity contribution in [2.24, 2.45) is 0 Å². The quantitative estimate of drug-likeness (QED) is 0.704. The number of carbonyl (C=O) groups excluding carboxylic acids is 1. The highest BCUT2D eigenvalue weighted by Crippen LogP contribution is 2.19. The molecule has 0 saturated carbocycles. The Labute approximate surface area is 171 Å². The van der Waals surface area contributed by atoms with Crippen LogP contribution >= 0.6 is 0 Å². The fraction of sp³-hybridized carbons (Fsp3) is 0.348. The van der Waals surface area contributed by atoms with Crippen molar-refractivity contribution in [2.75, 3.05) is 13.1 Å². The lowest BCUT2D eigenvalue weighted by Gasteiger charge is -2.30. The van der Waals surface area contributed by atoms with Crippen molar-refractivity contribution in [3.8, 4) is 0 Å². The molecule has 0 bridgehead atoms. The molecule has 1 N–H and O–H groups in total. The average Bonchev–Trinajstić information content (AvgIpc) is 3.05. The van der Waals surface area contributed by atoms with E-state index in [1.807, 2.05) is 52.2 Å². The van der Waals surface area contributed by atoms with Gasteiger partial charge in [-0.3, -0.25) is 14.5 Å². The maximum absolute atomic E-state index is 13.5. The summed E-state index contributed by atoms with van der Waals surface area (Å²) in [6, 6.07) is 16.2. The number of benzene rings is 1. The van der Waals surface area contributed by atoms with E-state index in [0.717, 1.165) is 43.6 Å². The molecule has 1 unspecified atom stereocenters. The Morgan fingerprint density at radius 3 is 2.79 bits per heavy atom. The Balaban J connectivity index is 1.54. The molecule has 0 radical (unpaired) electrons. The fourth-order valence-electron chi connectivity index (χ4n) is 3.84. The number of carbonyl (C=O) groups is 1. The van der Waals surface area contributed by atoms with Crippen LogP contribution in [0.1, 0.15) is 40.9 Å². The van der Waals surface area contributed by atoms with E-state index in [1.165, 1.54) is 0 Å². The second kappa shape index (κ2) is 9.47. The van der Waals surface area contributed by atoms with E-state index < -0.39 is 0 Å². The Kier molecular flexibility index (Phi) is 6.32. The molecule has 1 saturated heterocycles. The number of nitrogens with zero attached hydrogens (tertiary/aromatic N) is 4. The van der Waals surface area contributed by atoms with Crippen LogP contribution in [0, 0.1) is 0 Å². The molecule has 1 aromatic carbocycles. The first-order chi connectivity index (χ1) is 14.3. The van der Waals surface area contributed by atoms with Crippen molar-refractivity contribution in [1.82, 2.24) is 25.0 Å². The van der Waals surface area contributed by atoms with Crippen LogP contribution in [0.15, 0.2) is 67.1 Å². The third kappa shape index (κ3) is 5.09. The molecule has 1 amide bonds. The van der Waals surface area contributed by atoms with E-state index in [2.05, 4.69) is 27.5 Å². The van der Waals surface area contributed by atoms with Gasteiger partial charge in [-0.1, -0.05) is 36.4 Å². The number of hydrogen-bond acceptors (Lipinski definition) is 4. The van der Waals surface area contributed by atoms with Crippen molar-refractivity contribution in [2.45, 2.75) is 38.4 Å². The van der Waals surface area contributed by atoms with Crippen LogP contribution in [0.5, 0.6) is 0 Å². The lowest BCUT2D eigenvalue weighted by molar-refractivity contribution is 0.0642. The molecule has 6 nitrogen and oxygen atoms in total. The van der Waals surface area contributed by atoms with Crippen LogP contribution in [-0.4, -0.2) is 44.7 Å². The smallest absolute Gasteiger partial charge is 0.257 e. The molecule has 0 spiro atoms. The highest BCUT2D eigenvalue weighted by molar-refractivity contribution is 5.94. The molecule has 150 valence electrons. The molecule has 1 fully saturated rings. The van der Waals surface area contributed by atoms with Gasteiger partial charge in [-0.25, -0.2) is 0 Å². The summed E-state index contributed by atoms with van der Waals surface area (Å²) in [5, 5.41) is 7.86. The number of pyridine rings is 1. The van der Waals surface area contributed by atoms with E-state index in [4.69, 9.17) is 0 Å². The van der Waals surface area contributed by atoms with Gasteiger partial charge in [0.2, 0.25) is 0 Å². The van der Waals surface area contributed by atoms with Crippen molar-refractivity contribution >= 4 is 5.91 Å². The van der Waals surface area contributed by atoms with Gasteiger partial charge in [0.25, 0.3) is 5.91 Å². The minimum absolute atomic E-state index is 0.0295. The molecular formula is C23H27N5O. The van der Waals surface area contributed by atoms with Crippen LogP contribution in [0.3, 0.4) is 0 Å². The van der Waals surface area contributed by atoms with Crippen molar-refractivity contribution in [1.29, 1.82) is 0 Å². The summed E-state index contributed by atoms with van der Waals surface area (Å²) in [7, 11) is 0. The molecule has 2 aromatic heterocycles. The minimum atomic E-state index is 0.0295. The first kappa shape index (κ1) is 19.3. The molecular weight excluding hydrogens is 362 g/mol. The van der Waals surface area contributed by atoms with E-state index in [-0.39, 0.29) is 11.9 Å². The zero-order valence-corrected chi connectivity index (χ0v) is 16.6. The van der Waals surface area contributed by atoms with Crippen LogP contribution in [0.25, 0.3) is 0 Å². The standard InChI is InChI=1S/C23H27N5O/c29-23(20-15-26-27(17-20)16-19-7-2-1-3-8-19)28(18-21-9-4-5-13-25-21)22-10-6-12-24-14-11-22/h1-5,7-9,13,15,17,22,24H,6,10-12,14,16,18H2. The summed E-state index contributed by atoms with van der Waals surface area (Å²) < 4.78 is 1.83. The van der Waals surface area contributed by atoms with E-state index in [1.54, 1.807) is 12.4 Å². The van der Waals surface area contributed by atoms with Crippen LogP contribution in [0.4, 0.5) is 0 Å². The van der Waals surface area contributed by atoms with Gasteiger partial charge >= 0.3 is 0 Å². The molecule has 1 atom stereocenters. The summed E-state index contributed by atoms with van der Waals surface area (Å²) in [6.45, 7) is 3.12. The second-order valence-corrected chi connectivity index (χ2v) is 7.50. The number of hydrogen-bond donors (Lipinski definition) is 1. The summed E-state index contributed by atoms with van der Waals surface area (Å²) in [5.74, 6) is 0.0295. The van der Waals surface area contributed by atoms with Gasteiger partial charge in [0, 0.05) is 18.4 Å². The molecule has 29 heavy (non-hydrogen) atoms. The summed E-state index contributed by atoms with van der Waals surface area (Å²) >= 11 is 0. The Morgan fingerprint density at radius 2 is 1.97 bits per heavy atom. The zero-order chi connectivity index (χ0) is 19.9. The van der Waals surface area contributed by atoms with E-state index >= 15 is 0 Å². The highest BCUT2D eigenvalue weighted by atomic mass is 16.2. The SMILES string of the molecule is O=C(c1cnn(Cc2ccccc2)c1)N(Cc1ccccn1)C1CCCNCC1. The first-order valence-corrected chi connectivity index (χ1v) is 10.3. The molecule has 4 rings (SSSR count). The van der Waals surface area contributed by atoms with Crippen LogP contribution < -0.4 is 5.32 Å². The van der Waals surface area contributed by atoms with Gasteiger partial charge in [-0.15, -0.1) is 0 Å². The fourth-order valence-corrected chi connectivity index (χ4v) is 3.84. The maximum Gasteiger partial charge on any atom is 0.257 e. The number of aromatic nitrogens is 3. The van der Waals surface area contributed by atoms with Crippen LogP contribution in [0.2, 0.25) is 0 Å². The van der Waals surface area contributed by atoms with Gasteiger partial charge in [0.1, 0.15) is 0 Å². The predicted molar refractivity (Wildman–Crippen MR) is 112 cm³/mol. The van der Waals surface area contributed by atoms with Gasteiger partial charge in [0.05, 0.1) is 30.5 Å². The Bertz CT molecular complexity index is 901. The lowest BCUT2D eigenvalue weighted by Crippen LogP contribution is -2.40. The molecule has 1 aliphatic heterocycles. The lowest BCUT2D eigenvalue weighted by atomic mass is 10.1. The normalized spacial score (nSPS) is 16.9. The first-order valence-electron chi connectivity index (χ1n) is 10.3. The average molecular weight is 390 g/mol. The van der Waals surface area contributed by atoms with Gasteiger partial charge in [-0.05, 0) is 50.0 Å². The van der Waals surface area contributed by atoms with E-state index in [0.29, 0.717) is 18.7 Å². The third-order valence-electron chi connectivity index (χ3n) is 5.37. The van der Waals surface area contributed by atoms with Gasteiger partial charge in [0.15, 0.2) is 0 Å². The summed E-state index contributed by atoms with van der Waals surface area (Å²) in [5.41, 5.74) is 2.71. The highest BCUT2D eigenvalue weighted by Gasteiger charge is 2.27. The van der Waals surface area contributed by atoms with Gasteiger partial charge < -0.3 is 10.2 Å². The van der Waals surface area contributed by atoms with Crippen molar-refractivity contribution in [3.63, 3.8) is 0 Å². The molecule has 0 aliphatic carbocycles. The summed E-state index contributed by atoms with van der Waals surface area (Å²) in [6.07, 6.45) is 8.36. The van der Waals surface area contributed by atoms with E-state index in [9.17, 15) is 4.79 Å². The second-order valence-electron chi connectivity index (χ2n) is 7.50. The molecule has 1 aliphatic rings. The predicted octanol–water partition coefficient (Wildman–Crippen LogP) is 3.11. The Hall–Kier alpha value is -2.99. The number of amides is 1. The number of rotatable bonds is 6. The molecule has 3 heterocycles. The number of nitrogens with one attached hydrogen (secondary N) is 1. The van der Waals surface area contributed by atoms with Gasteiger partial charge in [-0.2, -0.15) is 5.10 Å². The molecule has 6 heteroatoms. The van der Waals surface area contributed by atoms with Crippen LogP contribution in [-0.2, 0) is 13.1 Å². The Morgan fingerprint density at radius 1 is 1.10 bits per heavy atom. The largest absolute Gasteiger partial charge is 0.330 e. The molecule has 3 aromatic rings. The zero-order valence-electron chi connectivity index (χ0n) is 16.6. The maximum atomic E-state index is 13.5. The minimum Gasteiger partial charge on any atom is -0.330 e. The van der Waals surface area contributed by atoms with Crippen molar-refractivity contribution < 1.29 is 4.79 Å². The van der Waals surface area contributed by atoms with Crippen molar-refractivity contribution in [3.05, 3.63) is 83.9 Å². The third-order valence-corrected chi connectivity index (χ3v) is 5.37. The summed E-state index contributed by atoms with van der Waals surface area (Å²) in [4.78, 5) is 19.9. The monoisotopic (exact) mass is 389 g/mol.